The molecule has 0 fully saturated rings. The lowest BCUT2D eigenvalue weighted by Gasteiger charge is -2.35. The highest BCUT2D eigenvalue weighted by molar-refractivity contribution is 5.88. The molecule has 5 nitrogen and oxygen atoms in total. The van der Waals surface area contributed by atoms with E-state index in [9.17, 15) is 9.90 Å². The van der Waals surface area contributed by atoms with Gasteiger partial charge in [0, 0.05) is 18.9 Å². The summed E-state index contributed by atoms with van der Waals surface area (Å²) in [6.45, 7) is 3.83. The predicted molar refractivity (Wildman–Crippen MR) is 65.1 cm³/mol. The largest absolute Gasteiger partial charge is 0.464 e. The number of aliphatic hydroxyl groups excluding tert-OH is 1. The molecule has 0 atom stereocenters. The monoisotopic (exact) mass is 238 g/mol. The second-order valence-corrected chi connectivity index (χ2v) is 4.42. The number of nitrogens with zero attached hydrogens (tertiary/aromatic N) is 2. The lowest BCUT2D eigenvalue weighted by Crippen LogP contribution is -2.44. The van der Waals surface area contributed by atoms with Crippen LogP contribution in [0.25, 0.3) is 0 Å². The lowest BCUT2D eigenvalue weighted by atomic mass is 10.0. The number of hydrogen-bond acceptors (Lipinski definition) is 5. The zero-order valence-corrected chi connectivity index (χ0v) is 10.6. The number of pyridine rings is 1. The van der Waals surface area contributed by atoms with Crippen molar-refractivity contribution in [3.63, 3.8) is 0 Å². The summed E-state index contributed by atoms with van der Waals surface area (Å²) in [5.41, 5.74) is 0.652. The number of hydrogen-bond donors (Lipinski definition) is 1. The normalized spacial score (nSPS) is 11.1. The first-order valence-electron chi connectivity index (χ1n) is 5.31. The molecule has 17 heavy (non-hydrogen) atoms. The first-order chi connectivity index (χ1) is 7.92. The van der Waals surface area contributed by atoms with Gasteiger partial charge in [0.2, 0.25) is 0 Å². The highest BCUT2D eigenvalue weighted by Crippen LogP contribution is 2.22. The first-order valence-corrected chi connectivity index (χ1v) is 5.31. The smallest absolute Gasteiger partial charge is 0.356 e. The quantitative estimate of drug-likeness (QED) is 0.795. The number of likely N-dealkylation sites (N-methyl/N-ethyl adjacent to an activating group) is 1. The zero-order chi connectivity index (χ0) is 13.1. The third-order valence-corrected chi connectivity index (χ3v) is 2.82. The number of anilines is 1. The first kappa shape index (κ1) is 13.4. The maximum atomic E-state index is 11.4. The Bertz CT molecular complexity index is 404. The van der Waals surface area contributed by atoms with Gasteiger partial charge in [-0.05, 0) is 26.0 Å². The van der Waals surface area contributed by atoms with Gasteiger partial charge in [0.15, 0.2) is 0 Å². The Labute approximate surface area is 101 Å². The molecule has 0 aromatic carbocycles. The molecule has 0 unspecified atom stereocenters. The average molecular weight is 238 g/mol. The summed E-state index contributed by atoms with van der Waals surface area (Å²) < 4.78 is 4.61. The maximum absolute atomic E-state index is 11.4. The number of esters is 1. The van der Waals surface area contributed by atoms with Gasteiger partial charge in [0.1, 0.15) is 5.69 Å². The van der Waals surface area contributed by atoms with E-state index in [1.165, 1.54) is 7.11 Å². The van der Waals surface area contributed by atoms with Crippen molar-refractivity contribution in [2.45, 2.75) is 19.4 Å². The van der Waals surface area contributed by atoms with Gasteiger partial charge in [-0.2, -0.15) is 0 Å². The molecule has 94 valence electrons. The lowest BCUT2D eigenvalue weighted by molar-refractivity contribution is 0.0594. The zero-order valence-electron chi connectivity index (χ0n) is 10.6. The van der Waals surface area contributed by atoms with E-state index in [0.717, 1.165) is 5.69 Å². The Hall–Kier alpha value is -1.62. The molecule has 0 aliphatic carbocycles. The van der Waals surface area contributed by atoms with E-state index in [-0.39, 0.29) is 12.3 Å². The minimum Gasteiger partial charge on any atom is -0.464 e. The van der Waals surface area contributed by atoms with Gasteiger partial charge in [0.25, 0.3) is 0 Å². The van der Waals surface area contributed by atoms with E-state index in [1.54, 1.807) is 18.3 Å². The summed E-state index contributed by atoms with van der Waals surface area (Å²) in [6, 6.07) is 3.42. The molecular weight excluding hydrogens is 220 g/mol. The molecule has 0 aliphatic rings. The molecule has 0 saturated carbocycles. The standard InChI is InChI=1S/C12H18N2O3/c1-12(2,8-15)14(3)9-5-6-13-10(7-9)11(16)17-4/h5-7,15H,8H2,1-4H3. The second kappa shape index (κ2) is 5.14. The topological polar surface area (TPSA) is 62.7 Å². The predicted octanol–water partition coefficient (Wildman–Crippen LogP) is 1.08. The summed E-state index contributed by atoms with van der Waals surface area (Å²) in [5.74, 6) is -0.470. The van der Waals surface area contributed by atoms with E-state index in [1.807, 2.05) is 25.8 Å². The fraction of sp³-hybridized carbons (Fsp3) is 0.500. The van der Waals surface area contributed by atoms with Crippen LogP contribution < -0.4 is 4.90 Å². The Morgan fingerprint density at radius 1 is 1.59 bits per heavy atom. The molecule has 1 N–H and O–H groups in total. The van der Waals surface area contributed by atoms with Crippen molar-refractivity contribution in [2.75, 3.05) is 25.7 Å². The van der Waals surface area contributed by atoms with Gasteiger partial charge in [-0.25, -0.2) is 9.78 Å². The minimum absolute atomic E-state index is 0.0133. The fourth-order valence-corrected chi connectivity index (χ4v) is 1.30. The Morgan fingerprint density at radius 3 is 2.76 bits per heavy atom. The van der Waals surface area contributed by atoms with Crippen molar-refractivity contribution in [1.29, 1.82) is 0 Å². The molecular formula is C12H18N2O3. The van der Waals surface area contributed by atoms with Crippen LogP contribution in [-0.2, 0) is 4.74 Å². The molecule has 1 aromatic heterocycles. The molecule has 0 spiro atoms. The Balaban J connectivity index is 3.03. The molecule has 0 aliphatic heterocycles. The number of carbonyl (C=O) groups excluding carboxylic acids is 1. The van der Waals surface area contributed by atoms with Gasteiger partial charge < -0.3 is 14.7 Å². The number of aliphatic hydroxyl groups is 1. The third kappa shape index (κ3) is 2.94. The number of rotatable bonds is 4. The van der Waals surface area contributed by atoms with E-state index in [2.05, 4.69) is 9.72 Å². The van der Waals surface area contributed by atoms with E-state index in [0.29, 0.717) is 0 Å². The Kier molecular flexibility index (Phi) is 4.07. The molecule has 0 radical (unpaired) electrons. The van der Waals surface area contributed by atoms with Crippen molar-refractivity contribution in [3.8, 4) is 0 Å². The molecule has 0 amide bonds. The SMILES string of the molecule is COC(=O)c1cc(N(C)C(C)(C)CO)ccn1. The summed E-state index contributed by atoms with van der Waals surface area (Å²) >= 11 is 0. The van der Waals surface area contributed by atoms with Crippen molar-refractivity contribution < 1.29 is 14.6 Å². The number of ether oxygens (including phenoxy) is 1. The van der Waals surface area contributed by atoms with Crippen LogP contribution in [0, 0.1) is 0 Å². The van der Waals surface area contributed by atoms with E-state index >= 15 is 0 Å². The Morgan fingerprint density at radius 2 is 2.24 bits per heavy atom. The van der Waals surface area contributed by atoms with Crippen LogP contribution in [0.5, 0.6) is 0 Å². The number of aromatic nitrogens is 1. The highest BCUT2D eigenvalue weighted by Gasteiger charge is 2.23. The molecule has 0 bridgehead atoms. The molecule has 0 saturated heterocycles. The molecule has 1 rings (SSSR count). The second-order valence-electron chi connectivity index (χ2n) is 4.42. The summed E-state index contributed by atoms with van der Waals surface area (Å²) in [7, 11) is 3.17. The third-order valence-electron chi connectivity index (χ3n) is 2.82. The van der Waals surface area contributed by atoms with Crippen molar-refractivity contribution in [3.05, 3.63) is 24.0 Å². The number of carbonyl (C=O) groups is 1. The van der Waals surface area contributed by atoms with Crippen molar-refractivity contribution >= 4 is 11.7 Å². The summed E-state index contributed by atoms with van der Waals surface area (Å²) in [6.07, 6.45) is 1.55. The molecule has 5 heteroatoms. The van der Waals surface area contributed by atoms with Crippen molar-refractivity contribution in [1.82, 2.24) is 4.98 Å². The van der Waals surface area contributed by atoms with Gasteiger partial charge >= 0.3 is 5.97 Å². The van der Waals surface area contributed by atoms with Crippen LogP contribution in [0.2, 0.25) is 0 Å². The minimum atomic E-state index is -0.470. The number of methoxy groups -OCH3 is 1. The van der Waals surface area contributed by atoms with Crippen LogP contribution in [0.3, 0.4) is 0 Å². The van der Waals surface area contributed by atoms with Crippen LogP contribution in [0.1, 0.15) is 24.3 Å². The van der Waals surface area contributed by atoms with E-state index in [4.69, 9.17) is 0 Å². The average Bonchev–Trinajstić information content (AvgIpc) is 2.36. The van der Waals surface area contributed by atoms with E-state index < -0.39 is 11.5 Å². The van der Waals surface area contributed by atoms with Gasteiger partial charge in [0.05, 0.1) is 19.3 Å². The van der Waals surface area contributed by atoms with Crippen LogP contribution in [0.4, 0.5) is 5.69 Å². The molecule has 1 aromatic rings. The van der Waals surface area contributed by atoms with Crippen LogP contribution in [-0.4, -0.2) is 42.4 Å². The maximum Gasteiger partial charge on any atom is 0.356 e. The summed E-state index contributed by atoms with van der Waals surface area (Å²) in [5, 5.41) is 9.30. The van der Waals surface area contributed by atoms with Gasteiger partial charge in [-0.15, -0.1) is 0 Å². The summed E-state index contributed by atoms with van der Waals surface area (Å²) in [4.78, 5) is 17.2. The van der Waals surface area contributed by atoms with Gasteiger partial charge in [-0.1, -0.05) is 0 Å². The van der Waals surface area contributed by atoms with Crippen LogP contribution in [0.15, 0.2) is 18.3 Å². The highest BCUT2D eigenvalue weighted by atomic mass is 16.5. The molecule has 1 heterocycles. The van der Waals surface area contributed by atoms with Gasteiger partial charge in [-0.3, -0.25) is 0 Å². The van der Waals surface area contributed by atoms with Crippen LogP contribution >= 0.6 is 0 Å². The van der Waals surface area contributed by atoms with Crippen molar-refractivity contribution in [2.24, 2.45) is 0 Å². The fourth-order valence-electron chi connectivity index (χ4n) is 1.30.